The lowest BCUT2D eigenvalue weighted by Crippen LogP contribution is -2.49. The Morgan fingerprint density at radius 3 is 2.47 bits per heavy atom. The van der Waals surface area contributed by atoms with Gasteiger partial charge in [-0.25, -0.2) is 4.79 Å². The summed E-state index contributed by atoms with van der Waals surface area (Å²) >= 11 is 6.08. The molecule has 0 saturated carbocycles. The Labute approximate surface area is 192 Å². The summed E-state index contributed by atoms with van der Waals surface area (Å²) in [6.45, 7) is 1.88. The van der Waals surface area contributed by atoms with Gasteiger partial charge in [-0.05, 0) is 72.6 Å². The first kappa shape index (κ1) is 21.7. The van der Waals surface area contributed by atoms with Crippen molar-refractivity contribution < 1.29 is 14.3 Å². The number of hydrogen-bond donors (Lipinski definition) is 1. The maximum absolute atomic E-state index is 13.1. The third kappa shape index (κ3) is 5.03. The van der Waals surface area contributed by atoms with E-state index in [2.05, 4.69) is 5.32 Å². The van der Waals surface area contributed by atoms with Crippen LogP contribution in [0, 0.1) is 0 Å². The Morgan fingerprint density at radius 1 is 1.03 bits per heavy atom. The van der Waals surface area contributed by atoms with Crippen molar-refractivity contribution in [2.24, 2.45) is 0 Å². The van der Waals surface area contributed by atoms with Gasteiger partial charge in [0.05, 0.1) is 7.11 Å². The van der Waals surface area contributed by atoms with Crippen LogP contribution in [0.25, 0.3) is 0 Å². The Hall–Kier alpha value is -3.51. The molecule has 4 rings (SSSR count). The molecular formula is C25H24ClN3O3. The van der Waals surface area contributed by atoms with Gasteiger partial charge in [0.2, 0.25) is 0 Å². The minimum absolute atomic E-state index is 0.0359. The van der Waals surface area contributed by atoms with Crippen LogP contribution in [0.15, 0.2) is 72.8 Å². The molecule has 0 radical (unpaired) electrons. The minimum Gasteiger partial charge on any atom is -0.497 e. The Morgan fingerprint density at radius 2 is 1.78 bits per heavy atom. The fourth-order valence-electron chi connectivity index (χ4n) is 3.69. The summed E-state index contributed by atoms with van der Waals surface area (Å²) in [4.78, 5) is 29.1. The molecule has 7 heteroatoms. The number of carbonyl (C=O) groups excluding carboxylic acids is 2. The van der Waals surface area contributed by atoms with Crippen LogP contribution in [0.2, 0.25) is 5.02 Å². The third-order valence-electron chi connectivity index (χ3n) is 5.36. The van der Waals surface area contributed by atoms with Crippen LogP contribution < -0.4 is 15.0 Å². The topological polar surface area (TPSA) is 61.9 Å². The van der Waals surface area contributed by atoms with E-state index in [0.29, 0.717) is 41.7 Å². The first-order valence-corrected chi connectivity index (χ1v) is 10.8. The number of hydrogen-bond acceptors (Lipinski definition) is 3. The second-order valence-electron chi connectivity index (χ2n) is 7.57. The van der Waals surface area contributed by atoms with Crippen molar-refractivity contribution in [3.63, 3.8) is 0 Å². The first-order chi connectivity index (χ1) is 15.5. The van der Waals surface area contributed by atoms with Crippen molar-refractivity contribution in [3.8, 4) is 5.75 Å². The van der Waals surface area contributed by atoms with Crippen molar-refractivity contribution in [1.29, 1.82) is 0 Å². The van der Waals surface area contributed by atoms with Crippen molar-refractivity contribution in [3.05, 3.63) is 88.9 Å². The zero-order valence-electron chi connectivity index (χ0n) is 17.8. The molecule has 0 spiro atoms. The summed E-state index contributed by atoms with van der Waals surface area (Å²) < 4.78 is 5.12. The number of rotatable bonds is 6. The highest BCUT2D eigenvalue weighted by Crippen LogP contribution is 2.24. The zero-order valence-corrected chi connectivity index (χ0v) is 18.5. The molecule has 1 N–H and O–H groups in total. The van der Waals surface area contributed by atoms with Gasteiger partial charge in [0, 0.05) is 41.6 Å². The van der Waals surface area contributed by atoms with Gasteiger partial charge < -0.3 is 15.0 Å². The molecule has 0 bridgehead atoms. The van der Waals surface area contributed by atoms with E-state index in [1.807, 2.05) is 41.3 Å². The van der Waals surface area contributed by atoms with E-state index >= 15 is 0 Å². The summed E-state index contributed by atoms with van der Waals surface area (Å²) in [6.07, 6.45) is 0.877. The second-order valence-corrected chi connectivity index (χ2v) is 8.01. The summed E-state index contributed by atoms with van der Waals surface area (Å²) in [6, 6.07) is 21.8. The molecule has 3 amide bonds. The van der Waals surface area contributed by atoms with Crippen molar-refractivity contribution in [1.82, 2.24) is 4.90 Å². The largest absolute Gasteiger partial charge is 0.497 e. The van der Waals surface area contributed by atoms with Gasteiger partial charge in [0.1, 0.15) is 5.75 Å². The minimum atomic E-state index is -0.206. The van der Waals surface area contributed by atoms with Crippen LogP contribution in [0.3, 0.4) is 0 Å². The molecule has 32 heavy (non-hydrogen) atoms. The predicted octanol–water partition coefficient (Wildman–Crippen LogP) is 5.43. The van der Waals surface area contributed by atoms with Gasteiger partial charge in [-0.15, -0.1) is 0 Å². The number of amides is 3. The summed E-state index contributed by atoms with van der Waals surface area (Å²) in [5, 5.41) is 3.54. The molecule has 6 nitrogen and oxygen atoms in total. The molecule has 164 valence electrons. The Balaban J connectivity index is 1.41. The van der Waals surface area contributed by atoms with Gasteiger partial charge in [0.15, 0.2) is 0 Å². The third-order valence-corrected chi connectivity index (χ3v) is 5.60. The van der Waals surface area contributed by atoms with E-state index < -0.39 is 0 Å². The first-order valence-electron chi connectivity index (χ1n) is 10.4. The fraction of sp³-hybridized carbons (Fsp3) is 0.200. The lowest BCUT2D eigenvalue weighted by atomic mass is 10.1. The number of nitrogens with zero attached hydrogens (tertiary/aromatic N) is 2. The molecule has 1 aliphatic heterocycles. The van der Waals surface area contributed by atoms with E-state index in [-0.39, 0.29) is 11.9 Å². The van der Waals surface area contributed by atoms with Crippen LogP contribution in [-0.2, 0) is 6.54 Å². The van der Waals surface area contributed by atoms with Crippen molar-refractivity contribution in [2.45, 2.75) is 13.0 Å². The highest BCUT2D eigenvalue weighted by molar-refractivity contribution is 6.30. The van der Waals surface area contributed by atoms with Crippen LogP contribution >= 0.6 is 11.6 Å². The number of urea groups is 1. The molecule has 0 aliphatic carbocycles. The number of nitrogens with one attached hydrogen (secondary N) is 1. The monoisotopic (exact) mass is 449 g/mol. The normalized spacial score (nSPS) is 13.8. The van der Waals surface area contributed by atoms with Crippen molar-refractivity contribution in [2.75, 3.05) is 30.4 Å². The number of methoxy groups -OCH3 is 1. The van der Waals surface area contributed by atoms with Gasteiger partial charge in [0.25, 0.3) is 5.91 Å². The quantitative estimate of drug-likeness (QED) is 0.545. The highest BCUT2D eigenvalue weighted by Gasteiger charge is 2.26. The van der Waals surface area contributed by atoms with E-state index in [1.165, 1.54) is 0 Å². The standard InChI is InChI=1S/C25H24ClN3O3/c1-32-23-12-6-19(7-13-23)24(30)27-21-8-10-22(11-9-21)29-15-3-14-28(25(29)31)17-18-4-2-5-20(26)16-18/h2,4-13,16H,3,14-15,17H2,1H3,(H,27,30). The van der Waals surface area contributed by atoms with Gasteiger partial charge >= 0.3 is 6.03 Å². The van der Waals surface area contributed by atoms with E-state index in [4.69, 9.17) is 16.3 Å². The van der Waals surface area contributed by atoms with Crippen LogP contribution in [0.4, 0.5) is 16.2 Å². The van der Waals surface area contributed by atoms with E-state index in [9.17, 15) is 9.59 Å². The molecule has 1 fully saturated rings. The molecule has 0 atom stereocenters. The zero-order chi connectivity index (χ0) is 22.5. The SMILES string of the molecule is COc1ccc(C(=O)Nc2ccc(N3CCCN(Cc4cccc(Cl)c4)C3=O)cc2)cc1. The Bertz CT molecular complexity index is 1100. The molecule has 0 aromatic heterocycles. The summed E-state index contributed by atoms with van der Waals surface area (Å²) in [5.41, 5.74) is 3.00. The number of anilines is 2. The number of benzene rings is 3. The van der Waals surface area contributed by atoms with Gasteiger partial charge in [-0.3, -0.25) is 9.69 Å². The lowest BCUT2D eigenvalue weighted by molar-refractivity contribution is 0.102. The van der Waals surface area contributed by atoms with Crippen LogP contribution in [0.1, 0.15) is 22.3 Å². The highest BCUT2D eigenvalue weighted by atomic mass is 35.5. The predicted molar refractivity (Wildman–Crippen MR) is 127 cm³/mol. The smallest absolute Gasteiger partial charge is 0.324 e. The number of halogens is 1. The fourth-order valence-corrected chi connectivity index (χ4v) is 3.91. The molecule has 3 aromatic rings. The number of ether oxygens (including phenoxy) is 1. The number of carbonyl (C=O) groups is 2. The molecule has 3 aromatic carbocycles. The van der Waals surface area contributed by atoms with Gasteiger partial charge in [-0.2, -0.15) is 0 Å². The summed E-state index contributed by atoms with van der Waals surface area (Å²) in [5.74, 6) is 0.489. The maximum Gasteiger partial charge on any atom is 0.324 e. The van der Waals surface area contributed by atoms with E-state index in [1.54, 1.807) is 48.4 Å². The molecule has 1 heterocycles. The molecule has 1 aliphatic rings. The maximum atomic E-state index is 13.1. The molecular weight excluding hydrogens is 426 g/mol. The van der Waals surface area contributed by atoms with Crippen LogP contribution in [0.5, 0.6) is 5.75 Å². The lowest BCUT2D eigenvalue weighted by Gasteiger charge is -2.35. The van der Waals surface area contributed by atoms with Crippen molar-refractivity contribution >= 4 is 34.9 Å². The average Bonchev–Trinajstić information content (AvgIpc) is 2.81. The second kappa shape index (κ2) is 9.75. The van der Waals surface area contributed by atoms with Gasteiger partial charge in [-0.1, -0.05) is 23.7 Å². The molecule has 0 unspecified atom stereocenters. The average molecular weight is 450 g/mol. The summed E-state index contributed by atoms with van der Waals surface area (Å²) in [7, 11) is 1.58. The van der Waals surface area contributed by atoms with Crippen LogP contribution in [-0.4, -0.2) is 37.0 Å². The Kier molecular flexibility index (Phi) is 6.61. The molecule has 1 saturated heterocycles. The van der Waals surface area contributed by atoms with E-state index in [0.717, 1.165) is 17.7 Å².